The average molecular weight is 485 g/mol. The summed E-state index contributed by atoms with van der Waals surface area (Å²) in [6.07, 6.45) is 19.3. The van der Waals surface area contributed by atoms with Crippen LogP contribution < -0.4 is 5.32 Å². The van der Waals surface area contributed by atoms with E-state index in [1.807, 2.05) is 20.8 Å². The topological polar surface area (TPSA) is 66.3 Å². The Kier molecular flexibility index (Phi) is 5.66. The van der Waals surface area contributed by atoms with Gasteiger partial charge in [0.15, 0.2) is 0 Å². The molecule has 6 heteroatoms. The molecule has 0 spiro atoms. The van der Waals surface area contributed by atoms with Crippen LogP contribution in [0.1, 0.15) is 76.5 Å². The summed E-state index contributed by atoms with van der Waals surface area (Å²) in [5, 5.41) is 3.17. The zero-order valence-corrected chi connectivity index (χ0v) is 21.5. The molecule has 1 amide bonds. The Morgan fingerprint density at radius 1 is 1.14 bits per heavy atom. The molecule has 1 aromatic rings. The van der Waals surface area contributed by atoms with Crippen molar-refractivity contribution >= 4 is 17.8 Å². The second kappa shape index (κ2) is 8.75. The van der Waals surface area contributed by atoms with Gasteiger partial charge in [-0.05, 0) is 76.5 Å². The maximum absolute atomic E-state index is 12.6. The van der Waals surface area contributed by atoms with E-state index in [-0.39, 0.29) is 23.7 Å². The molecule has 2 saturated carbocycles. The van der Waals surface area contributed by atoms with E-state index in [0.717, 1.165) is 37.2 Å². The number of aliphatic imine (C=N–C) groups is 2. The Bertz CT molecular complexity index is 1180. The van der Waals surface area contributed by atoms with E-state index >= 15 is 0 Å². The van der Waals surface area contributed by atoms with Gasteiger partial charge in [0.25, 0.3) is 0 Å². The van der Waals surface area contributed by atoms with Gasteiger partial charge in [0.2, 0.25) is 5.96 Å². The number of ether oxygens (including phenoxy) is 1. The molecular weight excluding hydrogens is 448 g/mol. The van der Waals surface area contributed by atoms with Gasteiger partial charge >= 0.3 is 6.09 Å². The number of nitrogens with zero attached hydrogens (tertiary/aromatic N) is 3. The minimum atomic E-state index is -0.513. The summed E-state index contributed by atoms with van der Waals surface area (Å²) in [6, 6.07) is 8.95. The minimum absolute atomic E-state index is 0.0123. The van der Waals surface area contributed by atoms with Gasteiger partial charge in [-0.15, -0.1) is 0 Å². The number of carbonyl (C=O) groups excluding carboxylic acids is 1. The normalized spacial score (nSPS) is 28.2. The molecule has 3 unspecified atom stereocenters. The third kappa shape index (κ3) is 4.42. The van der Waals surface area contributed by atoms with Crippen LogP contribution in [0.15, 0.2) is 70.8 Å². The first-order valence-electron chi connectivity index (χ1n) is 13.4. The van der Waals surface area contributed by atoms with E-state index in [0.29, 0.717) is 11.8 Å². The van der Waals surface area contributed by atoms with Crippen LogP contribution in [0.25, 0.3) is 0 Å². The number of hydrogen-bond donors (Lipinski definition) is 1. The molecular formula is C30H36N4O2. The molecule has 0 radical (unpaired) electrons. The van der Waals surface area contributed by atoms with Crippen LogP contribution in [0.3, 0.4) is 0 Å². The standard InChI is InChI=1S/C30H36N4O2/c1-29(2,3)36-28(35)33-30(17-7-18-30)23-14-12-21(13-15-23)25-26(22-8-5-4-6-9-22)34-19-16-24(20-10-11-20)31-27(34)32-25/h4-6,8,12-16,19-20,22,25-26H,7,9-11,17-18H2,1-3H3,(H,33,35). The number of hydrogen-bond acceptors (Lipinski definition) is 5. The minimum Gasteiger partial charge on any atom is -0.444 e. The highest BCUT2D eigenvalue weighted by atomic mass is 16.6. The van der Waals surface area contributed by atoms with Crippen LogP contribution in [0, 0.1) is 11.8 Å². The van der Waals surface area contributed by atoms with E-state index in [1.165, 1.54) is 24.1 Å². The number of amides is 1. The molecule has 3 atom stereocenters. The maximum Gasteiger partial charge on any atom is 0.408 e. The fourth-order valence-electron chi connectivity index (χ4n) is 5.80. The maximum atomic E-state index is 12.6. The number of alkyl carbamates (subject to hydrolysis) is 1. The third-order valence-electron chi connectivity index (χ3n) is 7.97. The van der Waals surface area contributed by atoms with E-state index in [1.54, 1.807) is 0 Å². The van der Waals surface area contributed by atoms with E-state index < -0.39 is 5.60 Å². The molecule has 1 N–H and O–H groups in total. The predicted molar refractivity (Wildman–Crippen MR) is 143 cm³/mol. The van der Waals surface area contributed by atoms with Crippen molar-refractivity contribution in [3.8, 4) is 0 Å². The van der Waals surface area contributed by atoms with Gasteiger partial charge in [0.05, 0.1) is 11.6 Å². The zero-order chi connectivity index (χ0) is 24.9. The average Bonchev–Trinajstić information content (AvgIpc) is 3.61. The molecule has 2 heterocycles. The summed E-state index contributed by atoms with van der Waals surface area (Å²) in [4.78, 5) is 25.0. The van der Waals surface area contributed by atoms with Crippen LogP contribution in [0.4, 0.5) is 4.79 Å². The molecule has 36 heavy (non-hydrogen) atoms. The van der Waals surface area contributed by atoms with Gasteiger partial charge in [-0.1, -0.05) is 48.6 Å². The van der Waals surface area contributed by atoms with Crippen LogP contribution in [-0.2, 0) is 10.3 Å². The summed E-state index contributed by atoms with van der Waals surface area (Å²) < 4.78 is 5.56. The van der Waals surface area contributed by atoms with Crippen LogP contribution >= 0.6 is 0 Å². The number of allylic oxidation sites excluding steroid dienone is 4. The Morgan fingerprint density at radius 2 is 1.92 bits per heavy atom. The molecule has 2 fully saturated rings. The lowest BCUT2D eigenvalue weighted by molar-refractivity contribution is 0.0377. The molecule has 188 valence electrons. The lowest BCUT2D eigenvalue weighted by Crippen LogP contribution is -2.52. The second-order valence-electron chi connectivity index (χ2n) is 11.8. The van der Waals surface area contributed by atoms with Crippen molar-refractivity contribution in [3.05, 3.63) is 72.0 Å². The number of carbonyl (C=O) groups is 1. The molecule has 1 aromatic carbocycles. The van der Waals surface area contributed by atoms with Crippen molar-refractivity contribution in [1.82, 2.24) is 10.2 Å². The Labute approximate surface area is 213 Å². The summed E-state index contributed by atoms with van der Waals surface area (Å²) >= 11 is 0. The number of benzene rings is 1. The molecule has 0 aromatic heterocycles. The smallest absolute Gasteiger partial charge is 0.408 e. The van der Waals surface area contributed by atoms with Gasteiger partial charge < -0.3 is 15.0 Å². The van der Waals surface area contributed by atoms with Crippen LogP contribution in [0.5, 0.6) is 0 Å². The van der Waals surface area contributed by atoms with Gasteiger partial charge in [-0.3, -0.25) is 0 Å². The Morgan fingerprint density at radius 3 is 2.53 bits per heavy atom. The number of fused-ring (bicyclic) bond motifs is 1. The fourth-order valence-corrected chi connectivity index (χ4v) is 5.80. The first-order chi connectivity index (χ1) is 17.3. The summed E-state index contributed by atoms with van der Waals surface area (Å²) in [7, 11) is 0. The van der Waals surface area contributed by atoms with Gasteiger partial charge in [0.1, 0.15) is 11.6 Å². The van der Waals surface area contributed by atoms with Crippen molar-refractivity contribution in [1.29, 1.82) is 0 Å². The quantitative estimate of drug-likeness (QED) is 0.542. The first-order valence-corrected chi connectivity index (χ1v) is 13.4. The van der Waals surface area contributed by atoms with E-state index in [2.05, 4.69) is 71.1 Å². The predicted octanol–water partition coefficient (Wildman–Crippen LogP) is 6.18. The van der Waals surface area contributed by atoms with Crippen molar-refractivity contribution in [2.75, 3.05) is 0 Å². The third-order valence-corrected chi connectivity index (χ3v) is 7.97. The van der Waals surface area contributed by atoms with Gasteiger partial charge in [-0.25, -0.2) is 14.8 Å². The van der Waals surface area contributed by atoms with E-state index in [9.17, 15) is 4.79 Å². The summed E-state index contributed by atoms with van der Waals surface area (Å²) in [5.74, 6) is 1.83. The number of rotatable bonds is 5. The molecule has 2 aliphatic heterocycles. The molecule has 6 rings (SSSR count). The Balaban J connectivity index is 1.27. The van der Waals surface area contributed by atoms with Crippen molar-refractivity contribution in [3.63, 3.8) is 0 Å². The highest BCUT2D eigenvalue weighted by Crippen LogP contribution is 2.44. The molecule has 0 saturated heterocycles. The van der Waals surface area contributed by atoms with E-state index in [4.69, 9.17) is 14.7 Å². The zero-order valence-electron chi connectivity index (χ0n) is 21.5. The SMILES string of the molecule is CC(C)(C)OC(=O)NC1(c2ccc(C3N=C4N=C(C5CC5)C=CN4C3C3C=CC=CC3)cc2)CCC1. The Hall–Kier alpha value is -3.15. The van der Waals surface area contributed by atoms with Crippen molar-refractivity contribution in [2.45, 2.75) is 82.5 Å². The number of guanidine groups is 1. The largest absolute Gasteiger partial charge is 0.444 e. The fraction of sp³-hybridized carbons (Fsp3) is 0.500. The molecule has 6 nitrogen and oxygen atoms in total. The highest BCUT2D eigenvalue weighted by molar-refractivity contribution is 6.08. The van der Waals surface area contributed by atoms with Crippen LogP contribution in [-0.4, -0.2) is 34.3 Å². The lowest BCUT2D eigenvalue weighted by Gasteiger charge is -2.43. The monoisotopic (exact) mass is 484 g/mol. The first kappa shape index (κ1) is 23.3. The van der Waals surface area contributed by atoms with Crippen molar-refractivity contribution < 1.29 is 9.53 Å². The summed E-state index contributed by atoms with van der Waals surface area (Å²) in [6.45, 7) is 5.68. The van der Waals surface area contributed by atoms with Crippen LogP contribution in [0.2, 0.25) is 0 Å². The molecule has 5 aliphatic rings. The highest BCUT2D eigenvalue weighted by Gasteiger charge is 2.44. The second-order valence-corrected chi connectivity index (χ2v) is 11.8. The molecule has 0 bridgehead atoms. The van der Waals surface area contributed by atoms with Crippen molar-refractivity contribution in [2.24, 2.45) is 21.8 Å². The molecule has 3 aliphatic carbocycles. The van der Waals surface area contributed by atoms with Gasteiger partial charge in [0, 0.05) is 23.7 Å². The lowest BCUT2D eigenvalue weighted by atomic mass is 9.71. The van der Waals surface area contributed by atoms with Gasteiger partial charge in [-0.2, -0.15) is 0 Å². The number of nitrogens with one attached hydrogen (secondary N) is 1. The summed E-state index contributed by atoms with van der Waals surface area (Å²) in [5.41, 5.74) is 2.65.